The molecule has 104 valence electrons. The van der Waals surface area contributed by atoms with Gasteiger partial charge in [-0.1, -0.05) is 37.3 Å². The van der Waals surface area contributed by atoms with Crippen LogP contribution in [0.25, 0.3) is 0 Å². The molecule has 2 N–H and O–H groups in total. The minimum Gasteiger partial charge on any atom is -0.338 e. The average molecular weight is 266 g/mol. The van der Waals surface area contributed by atoms with Gasteiger partial charge in [0.2, 0.25) is 0 Å². The Morgan fingerprint density at radius 3 is 2.55 bits per heavy atom. The molecule has 0 radical (unpaired) electrons. The van der Waals surface area contributed by atoms with Gasteiger partial charge < -0.3 is 10.6 Å². The van der Waals surface area contributed by atoms with Crippen molar-refractivity contribution in [1.82, 2.24) is 0 Å². The second-order valence-electron chi connectivity index (χ2n) is 5.66. The Morgan fingerprint density at radius 2 is 1.85 bits per heavy atom. The van der Waals surface area contributed by atoms with Crippen LogP contribution >= 0.6 is 0 Å². The van der Waals surface area contributed by atoms with E-state index in [1.54, 1.807) is 0 Å². The summed E-state index contributed by atoms with van der Waals surface area (Å²) in [7, 11) is 0. The van der Waals surface area contributed by atoms with Crippen molar-refractivity contribution < 1.29 is 0 Å². The van der Waals surface area contributed by atoms with Crippen molar-refractivity contribution >= 4 is 11.4 Å². The van der Waals surface area contributed by atoms with E-state index in [1.165, 1.54) is 22.5 Å². The van der Waals surface area contributed by atoms with E-state index in [9.17, 15) is 0 Å². The lowest BCUT2D eigenvalue weighted by atomic mass is 10.0. The summed E-state index contributed by atoms with van der Waals surface area (Å²) >= 11 is 0. The third-order valence-electron chi connectivity index (χ3n) is 4.25. The predicted molar refractivity (Wildman–Crippen MR) is 85.4 cm³/mol. The smallest absolute Gasteiger partial charge is 0.0446 e. The second kappa shape index (κ2) is 5.29. The van der Waals surface area contributed by atoms with E-state index >= 15 is 0 Å². The number of hydrogen-bond donors (Lipinski definition) is 1. The van der Waals surface area contributed by atoms with Gasteiger partial charge in [0.15, 0.2) is 0 Å². The molecule has 2 nitrogen and oxygen atoms in total. The zero-order valence-corrected chi connectivity index (χ0v) is 12.2. The van der Waals surface area contributed by atoms with E-state index in [0.29, 0.717) is 6.04 Å². The summed E-state index contributed by atoms with van der Waals surface area (Å²) in [6.45, 7) is 4.41. The zero-order valence-electron chi connectivity index (χ0n) is 12.2. The van der Waals surface area contributed by atoms with Gasteiger partial charge in [-0.25, -0.2) is 0 Å². The Hall–Kier alpha value is -1.80. The molecule has 1 unspecified atom stereocenters. The summed E-state index contributed by atoms with van der Waals surface area (Å²) in [6, 6.07) is 18.1. The Bertz CT molecular complexity index is 589. The van der Waals surface area contributed by atoms with E-state index in [-0.39, 0.29) is 6.04 Å². The number of rotatable bonds is 3. The standard InChI is InChI=1S/C18H22N2/c1-3-17(19)14-8-10-16(11-9-14)20-13(2)12-15-6-4-5-7-18(15)20/h4-11,13,17H,3,12,19H2,1-2H3/t13?,17-/m1/s1. The number of nitrogens with zero attached hydrogens (tertiary/aromatic N) is 1. The molecule has 0 fully saturated rings. The first kappa shape index (κ1) is 13.2. The fraction of sp³-hybridized carbons (Fsp3) is 0.333. The first-order valence-corrected chi connectivity index (χ1v) is 7.43. The summed E-state index contributed by atoms with van der Waals surface area (Å²) in [5.41, 5.74) is 11.3. The molecule has 1 heterocycles. The lowest BCUT2D eigenvalue weighted by Crippen LogP contribution is -2.23. The van der Waals surface area contributed by atoms with E-state index in [2.05, 4.69) is 67.3 Å². The van der Waals surface area contributed by atoms with E-state index in [1.807, 2.05) is 0 Å². The molecule has 0 saturated heterocycles. The Morgan fingerprint density at radius 1 is 1.15 bits per heavy atom. The van der Waals surface area contributed by atoms with Crippen LogP contribution in [0.5, 0.6) is 0 Å². The van der Waals surface area contributed by atoms with Crippen LogP contribution in [0.15, 0.2) is 48.5 Å². The lowest BCUT2D eigenvalue weighted by Gasteiger charge is -2.25. The minimum absolute atomic E-state index is 0.146. The summed E-state index contributed by atoms with van der Waals surface area (Å²) in [6.07, 6.45) is 2.09. The second-order valence-corrected chi connectivity index (χ2v) is 5.66. The molecule has 0 amide bonds. The molecule has 1 aliphatic rings. The van der Waals surface area contributed by atoms with Crippen molar-refractivity contribution in [3.8, 4) is 0 Å². The van der Waals surface area contributed by atoms with Crippen LogP contribution < -0.4 is 10.6 Å². The first-order valence-electron chi connectivity index (χ1n) is 7.43. The van der Waals surface area contributed by atoms with Crippen LogP contribution in [-0.2, 0) is 6.42 Å². The third kappa shape index (κ3) is 2.20. The Balaban J connectivity index is 1.93. The van der Waals surface area contributed by atoms with Gasteiger partial charge in [0.1, 0.15) is 0 Å². The molecule has 1 aliphatic heterocycles. The van der Waals surface area contributed by atoms with Gasteiger partial charge in [0.05, 0.1) is 0 Å². The molecule has 2 atom stereocenters. The Kier molecular flexibility index (Phi) is 3.49. The molecule has 0 bridgehead atoms. The molecule has 0 aromatic heterocycles. The number of fused-ring (bicyclic) bond motifs is 1. The maximum absolute atomic E-state index is 6.09. The normalized spacial score (nSPS) is 18.9. The van der Waals surface area contributed by atoms with Gasteiger partial charge >= 0.3 is 0 Å². The van der Waals surface area contributed by atoms with Gasteiger partial charge in [-0.05, 0) is 49.1 Å². The molecule has 0 spiro atoms. The van der Waals surface area contributed by atoms with Gasteiger partial charge in [-0.2, -0.15) is 0 Å². The molecule has 0 saturated carbocycles. The number of hydrogen-bond acceptors (Lipinski definition) is 2. The summed E-state index contributed by atoms with van der Waals surface area (Å²) < 4.78 is 0. The average Bonchev–Trinajstić information content (AvgIpc) is 2.82. The first-order chi connectivity index (χ1) is 9.70. The highest BCUT2D eigenvalue weighted by Crippen LogP contribution is 2.38. The summed E-state index contributed by atoms with van der Waals surface area (Å²) in [5.74, 6) is 0. The van der Waals surface area contributed by atoms with Gasteiger partial charge in [0, 0.05) is 23.5 Å². The Labute approximate surface area is 121 Å². The topological polar surface area (TPSA) is 29.3 Å². The van der Waals surface area contributed by atoms with Crippen LogP contribution in [0.1, 0.15) is 37.4 Å². The van der Waals surface area contributed by atoms with Crippen LogP contribution in [0.2, 0.25) is 0 Å². The van der Waals surface area contributed by atoms with Crippen molar-refractivity contribution in [2.24, 2.45) is 5.73 Å². The van der Waals surface area contributed by atoms with Crippen LogP contribution in [0.4, 0.5) is 11.4 Å². The summed E-state index contributed by atoms with van der Waals surface area (Å²) in [4.78, 5) is 2.43. The van der Waals surface area contributed by atoms with Crippen molar-refractivity contribution in [3.63, 3.8) is 0 Å². The highest BCUT2D eigenvalue weighted by atomic mass is 15.2. The lowest BCUT2D eigenvalue weighted by molar-refractivity contribution is 0.698. The van der Waals surface area contributed by atoms with Crippen molar-refractivity contribution in [2.75, 3.05) is 4.90 Å². The molecule has 2 aromatic rings. The quantitative estimate of drug-likeness (QED) is 0.903. The summed E-state index contributed by atoms with van der Waals surface area (Å²) in [5, 5.41) is 0. The monoisotopic (exact) mass is 266 g/mol. The van der Waals surface area contributed by atoms with Crippen LogP contribution in [0, 0.1) is 0 Å². The van der Waals surface area contributed by atoms with E-state index in [0.717, 1.165) is 12.8 Å². The molecular formula is C18H22N2. The van der Waals surface area contributed by atoms with Crippen LogP contribution in [0.3, 0.4) is 0 Å². The predicted octanol–water partition coefficient (Wildman–Crippen LogP) is 4.18. The SMILES string of the molecule is CC[C@@H](N)c1ccc(N2c3ccccc3CC2C)cc1. The molecule has 0 aliphatic carbocycles. The number of benzene rings is 2. The minimum atomic E-state index is 0.146. The van der Waals surface area contributed by atoms with Gasteiger partial charge in [0.25, 0.3) is 0 Å². The third-order valence-corrected chi connectivity index (χ3v) is 4.25. The van der Waals surface area contributed by atoms with E-state index < -0.39 is 0 Å². The van der Waals surface area contributed by atoms with E-state index in [4.69, 9.17) is 5.73 Å². The van der Waals surface area contributed by atoms with Gasteiger partial charge in [-0.3, -0.25) is 0 Å². The number of anilines is 2. The van der Waals surface area contributed by atoms with Crippen LogP contribution in [-0.4, -0.2) is 6.04 Å². The molecule has 20 heavy (non-hydrogen) atoms. The maximum atomic E-state index is 6.09. The maximum Gasteiger partial charge on any atom is 0.0446 e. The highest BCUT2D eigenvalue weighted by molar-refractivity contribution is 5.71. The van der Waals surface area contributed by atoms with Gasteiger partial charge in [-0.15, -0.1) is 0 Å². The number of para-hydroxylation sites is 1. The fourth-order valence-corrected chi connectivity index (χ4v) is 3.08. The fourth-order valence-electron chi connectivity index (χ4n) is 3.08. The zero-order chi connectivity index (χ0) is 14.1. The number of nitrogens with two attached hydrogens (primary N) is 1. The van der Waals surface area contributed by atoms with Crippen molar-refractivity contribution in [3.05, 3.63) is 59.7 Å². The molecule has 2 aromatic carbocycles. The highest BCUT2D eigenvalue weighted by Gasteiger charge is 2.26. The molecule has 2 heteroatoms. The molecule has 3 rings (SSSR count). The largest absolute Gasteiger partial charge is 0.338 e. The van der Waals surface area contributed by atoms with Crippen molar-refractivity contribution in [2.45, 2.75) is 38.8 Å². The van der Waals surface area contributed by atoms with Crippen molar-refractivity contribution in [1.29, 1.82) is 0 Å². The molecular weight excluding hydrogens is 244 g/mol.